The first-order chi connectivity index (χ1) is 8.72. The smallest absolute Gasteiger partial charge is 0.224 e. The highest BCUT2D eigenvalue weighted by Gasteiger charge is 2.28. The second-order valence-corrected chi connectivity index (χ2v) is 8.57. The Morgan fingerprint density at radius 1 is 0.800 bits per heavy atom. The van der Waals surface area contributed by atoms with Gasteiger partial charge in [0.25, 0.3) is 0 Å². The van der Waals surface area contributed by atoms with Crippen LogP contribution in [0.25, 0.3) is 0 Å². The van der Waals surface area contributed by atoms with Gasteiger partial charge in [-0.3, -0.25) is 5.11 Å². The van der Waals surface area contributed by atoms with Crippen LogP contribution in [0.5, 0.6) is 11.5 Å². The first kappa shape index (κ1) is 16.9. The van der Waals surface area contributed by atoms with Crippen molar-refractivity contribution in [3.05, 3.63) is 23.3 Å². The van der Waals surface area contributed by atoms with E-state index in [0.717, 1.165) is 11.1 Å². The molecule has 0 unspecified atom stereocenters. The van der Waals surface area contributed by atoms with Crippen LogP contribution in [0.1, 0.15) is 73.4 Å². The number of benzene rings is 1. The topological polar surface area (TPSA) is 29.1 Å². The molecular formula is C18H29O2. The molecule has 20 heavy (non-hydrogen) atoms. The summed E-state index contributed by atoms with van der Waals surface area (Å²) in [6, 6.07) is 3.95. The van der Waals surface area contributed by atoms with Gasteiger partial charge in [-0.15, -0.1) is 0 Å². The molecule has 1 aromatic carbocycles. The fraction of sp³-hybridized carbons (Fsp3) is 0.667. The summed E-state index contributed by atoms with van der Waals surface area (Å²) in [6.45, 7) is 18.6. The fourth-order valence-corrected chi connectivity index (χ4v) is 2.00. The van der Waals surface area contributed by atoms with Gasteiger partial charge in [-0.25, -0.2) is 0 Å². The predicted molar refractivity (Wildman–Crippen MR) is 84.4 cm³/mol. The molecule has 113 valence electrons. The Morgan fingerprint density at radius 2 is 1.30 bits per heavy atom. The van der Waals surface area contributed by atoms with Gasteiger partial charge in [0, 0.05) is 5.56 Å². The molecule has 2 nitrogen and oxygen atoms in total. The number of ether oxygens (including phenoxy) is 1. The zero-order valence-corrected chi connectivity index (χ0v) is 14.5. The van der Waals surface area contributed by atoms with Crippen molar-refractivity contribution in [3.63, 3.8) is 0 Å². The molecule has 0 aliphatic heterocycles. The van der Waals surface area contributed by atoms with Gasteiger partial charge < -0.3 is 4.74 Å². The van der Waals surface area contributed by atoms with Crippen LogP contribution >= 0.6 is 0 Å². The summed E-state index contributed by atoms with van der Waals surface area (Å²) in [6.07, 6.45) is 0. The van der Waals surface area contributed by atoms with Crippen LogP contribution in [0.15, 0.2) is 12.1 Å². The molecule has 1 aromatic rings. The number of hydrogen-bond donors (Lipinski definition) is 0. The first-order valence-corrected chi connectivity index (χ1v) is 7.27. The molecular weight excluding hydrogens is 248 g/mol. The number of hydrogen-bond acceptors (Lipinski definition) is 1. The Hall–Kier alpha value is -1.18. The maximum Gasteiger partial charge on any atom is 0.224 e. The van der Waals surface area contributed by atoms with Gasteiger partial charge in [0.15, 0.2) is 5.75 Å². The minimum atomic E-state index is -0.370. The van der Waals surface area contributed by atoms with Crippen molar-refractivity contribution in [2.75, 3.05) is 0 Å². The monoisotopic (exact) mass is 277 g/mol. The van der Waals surface area contributed by atoms with E-state index in [4.69, 9.17) is 4.74 Å². The van der Waals surface area contributed by atoms with E-state index in [1.54, 1.807) is 0 Å². The lowest BCUT2D eigenvalue weighted by atomic mass is 9.80. The summed E-state index contributed by atoms with van der Waals surface area (Å²) in [5.74, 6) is 0.482. The molecule has 1 radical (unpaired) electrons. The van der Waals surface area contributed by atoms with E-state index < -0.39 is 0 Å². The maximum atomic E-state index is 12.6. The van der Waals surface area contributed by atoms with Gasteiger partial charge in [0.1, 0.15) is 5.60 Å². The van der Waals surface area contributed by atoms with Crippen molar-refractivity contribution in [1.29, 1.82) is 0 Å². The summed E-state index contributed by atoms with van der Waals surface area (Å²) < 4.78 is 5.89. The first-order valence-electron chi connectivity index (χ1n) is 7.27. The average Bonchev–Trinajstić information content (AvgIpc) is 2.15. The Balaban J connectivity index is 3.51. The molecule has 0 saturated heterocycles. The summed E-state index contributed by atoms with van der Waals surface area (Å²) in [7, 11) is 0. The second-order valence-electron chi connectivity index (χ2n) is 8.57. The van der Waals surface area contributed by atoms with Crippen LogP contribution in [0.2, 0.25) is 0 Å². The molecule has 0 aliphatic rings. The lowest BCUT2D eigenvalue weighted by molar-refractivity contribution is 0.121. The molecule has 2 heteroatoms. The Morgan fingerprint density at radius 3 is 1.65 bits per heavy atom. The highest BCUT2D eigenvalue weighted by Crippen LogP contribution is 2.42. The zero-order valence-electron chi connectivity index (χ0n) is 14.5. The average molecular weight is 277 g/mol. The van der Waals surface area contributed by atoms with Crippen molar-refractivity contribution in [2.45, 2.75) is 78.7 Å². The molecule has 0 fully saturated rings. The van der Waals surface area contributed by atoms with E-state index in [9.17, 15) is 5.11 Å². The largest absolute Gasteiger partial charge is 0.484 e. The van der Waals surface area contributed by atoms with E-state index in [2.05, 4.69) is 41.5 Å². The molecule has 0 bridgehead atoms. The Bertz CT molecular complexity index is 480. The zero-order chi connectivity index (χ0) is 15.9. The molecule has 0 heterocycles. The predicted octanol–water partition coefficient (Wildman–Crippen LogP) is 5.60. The lowest BCUT2D eigenvalue weighted by Crippen LogP contribution is -2.24. The molecule has 0 amide bonds. The Kier molecular flexibility index (Phi) is 4.20. The normalized spacial score (nSPS) is 13.4. The van der Waals surface area contributed by atoms with E-state index in [1.807, 2.05) is 32.9 Å². The van der Waals surface area contributed by atoms with Crippen molar-refractivity contribution in [1.82, 2.24) is 0 Å². The van der Waals surface area contributed by atoms with Crippen molar-refractivity contribution < 1.29 is 9.84 Å². The van der Waals surface area contributed by atoms with E-state index >= 15 is 0 Å². The lowest BCUT2D eigenvalue weighted by Gasteiger charge is -2.29. The van der Waals surface area contributed by atoms with E-state index in [0.29, 0.717) is 5.75 Å². The fourth-order valence-electron chi connectivity index (χ4n) is 2.00. The molecule has 1 rings (SSSR count). The SMILES string of the molecule is CC(C)(C)Oc1cc(C(C)(C)C)cc(C(C)(C)C)c1[O]. The molecule has 0 N–H and O–H groups in total. The van der Waals surface area contributed by atoms with Gasteiger partial charge in [0.2, 0.25) is 5.75 Å². The van der Waals surface area contributed by atoms with Crippen LogP contribution in [-0.4, -0.2) is 5.60 Å². The second kappa shape index (κ2) is 4.98. The summed E-state index contributed by atoms with van der Waals surface area (Å²) in [4.78, 5) is 0. The minimum absolute atomic E-state index is 0.0102. The van der Waals surface area contributed by atoms with Gasteiger partial charge in [-0.2, -0.15) is 0 Å². The summed E-state index contributed by atoms with van der Waals surface area (Å²) in [5.41, 5.74) is 1.40. The Labute approximate surface area is 124 Å². The highest BCUT2D eigenvalue weighted by atomic mass is 16.5. The molecule has 0 aliphatic carbocycles. The van der Waals surface area contributed by atoms with Crippen LogP contribution < -0.4 is 4.74 Å². The molecule has 0 atom stereocenters. The van der Waals surface area contributed by atoms with Crippen LogP contribution in [0, 0.1) is 0 Å². The molecule has 0 saturated carbocycles. The van der Waals surface area contributed by atoms with E-state index in [-0.39, 0.29) is 22.2 Å². The maximum absolute atomic E-state index is 12.6. The molecule has 0 spiro atoms. The van der Waals surface area contributed by atoms with Gasteiger partial charge in [-0.05, 0) is 43.2 Å². The van der Waals surface area contributed by atoms with Crippen LogP contribution in [0.3, 0.4) is 0 Å². The minimum Gasteiger partial charge on any atom is -0.484 e. The van der Waals surface area contributed by atoms with Crippen LogP contribution in [-0.2, 0) is 15.9 Å². The third kappa shape index (κ3) is 4.16. The van der Waals surface area contributed by atoms with Crippen LogP contribution in [0.4, 0.5) is 0 Å². The van der Waals surface area contributed by atoms with Crippen molar-refractivity contribution in [2.24, 2.45) is 0 Å². The molecule has 0 aromatic heterocycles. The quantitative estimate of drug-likeness (QED) is 0.656. The van der Waals surface area contributed by atoms with Crippen molar-refractivity contribution in [3.8, 4) is 11.5 Å². The third-order valence-corrected chi connectivity index (χ3v) is 3.15. The van der Waals surface area contributed by atoms with E-state index in [1.165, 1.54) is 0 Å². The highest BCUT2D eigenvalue weighted by molar-refractivity contribution is 5.52. The number of rotatable bonds is 1. The van der Waals surface area contributed by atoms with Gasteiger partial charge in [0.05, 0.1) is 0 Å². The summed E-state index contributed by atoms with van der Waals surface area (Å²) >= 11 is 0. The standard InChI is InChI=1S/C18H29O2/c1-16(2,3)12-10-13(17(4,5)6)15(19)14(11-12)20-18(7,8)9/h10-11H,1-9H3. The van der Waals surface area contributed by atoms with Crippen molar-refractivity contribution >= 4 is 0 Å². The summed E-state index contributed by atoms with van der Waals surface area (Å²) in [5, 5.41) is 12.6. The van der Waals surface area contributed by atoms with Gasteiger partial charge in [-0.1, -0.05) is 47.6 Å². The van der Waals surface area contributed by atoms with Gasteiger partial charge >= 0.3 is 0 Å². The third-order valence-electron chi connectivity index (χ3n) is 3.15.